The lowest BCUT2D eigenvalue weighted by Gasteiger charge is -2.29. The van der Waals surface area contributed by atoms with Crippen LogP contribution < -0.4 is 21.2 Å². The largest absolute Gasteiger partial charge is 0.292 e. The molecule has 0 heterocycles. The summed E-state index contributed by atoms with van der Waals surface area (Å²) in [5.41, 5.74) is 2.42. The molecule has 0 aromatic heterocycles. The van der Waals surface area contributed by atoms with Crippen molar-refractivity contribution in [1.82, 2.24) is 5.32 Å². The van der Waals surface area contributed by atoms with Crippen LogP contribution in [0.15, 0.2) is 151 Å². The molecular formula is C33H26ClNOP+. The first-order valence-electron chi connectivity index (χ1n) is 12.1. The minimum atomic E-state index is -2.52. The Hall–Kier alpha value is -3.97. The van der Waals surface area contributed by atoms with E-state index in [4.69, 9.17) is 11.6 Å². The van der Waals surface area contributed by atoms with Crippen LogP contribution >= 0.6 is 18.9 Å². The van der Waals surface area contributed by atoms with Gasteiger partial charge in [-0.15, -0.1) is 0 Å². The second kappa shape index (κ2) is 11.4. The summed E-state index contributed by atoms with van der Waals surface area (Å²) in [6, 6.07) is 48.5. The van der Waals surface area contributed by atoms with Gasteiger partial charge in [-0.25, -0.2) is 0 Å². The molecule has 0 aliphatic carbocycles. The Kier molecular flexibility index (Phi) is 7.61. The van der Waals surface area contributed by atoms with Crippen LogP contribution in [0.5, 0.6) is 0 Å². The third kappa shape index (κ3) is 5.27. The molecule has 0 fully saturated rings. The Balaban J connectivity index is 1.83. The molecule has 1 amide bonds. The summed E-state index contributed by atoms with van der Waals surface area (Å²) >= 11 is 6.21. The maximum absolute atomic E-state index is 13.7. The normalized spacial score (nSPS) is 11.6. The number of nitrogens with one attached hydrogen (secondary N) is 1. The number of halogens is 1. The van der Waals surface area contributed by atoms with E-state index in [2.05, 4.69) is 84.2 Å². The highest BCUT2D eigenvalue weighted by molar-refractivity contribution is 7.99. The Morgan fingerprint density at radius 1 is 0.568 bits per heavy atom. The second-order valence-corrected chi connectivity index (χ2v) is 12.4. The molecule has 0 atom stereocenters. The van der Waals surface area contributed by atoms with Gasteiger partial charge in [0, 0.05) is 16.7 Å². The third-order valence-electron chi connectivity index (χ3n) is 6.24. The minimum absolute atomic E-state index is 0.145. The van der Waals surface area contributed by atoms with Crippen LogP contribution in [-0.4, -0.2) is 5.91 Å². The SMILES string of the molecule is O=C(N/C(=C\c1ccc(Cl)cc1)[P+](c1ccccc1)(c1ccccc1)c1ccccc1)c1ccccc1. The first kappa shape index (κ1) is 24.7. The summed E-state index contributed by atoms with van der Waals surface area (Å²) in [6.45, 7) is 0. The van der Waals surface area contributed by atoms with E-state index >= 15 is 0 Å². The zero-order valence-corrected chi connectivity index (χ0v) is 21.8. The van der Waals surface area contributed by atoms with E-state index in [0.29, 0.717) is 10.6 Å². The zero-order valence-electron chi connectivity index (χ0n) is 20.2. The molecule has 180 valence electrons. The average Bonchev–Trinajstić information content (AvgIpc) is 2.97. The molecule has 5 aromatic rings. The standard InChI is InChI=1S/C33H25ClNOP/c34-28-23-21-26(22-24-28)25-32(35-33(36)27-13-5-1-6-14-27)37(29-15-7-2-8-16-29,30-17-9-3-10-18-30)31-19-11-4-12-20-31/h1-25H/p+1/b32-25+. The van der Waals surface area contributed by atoms with Crippen molar-refractivity contribution in [2.24, 2.45) is 0 Å². The molecule has 0 aliphatic heterocycles. The van der Waals surface area contributed by atoms with E-state index in [1.165, 1.54) is 0 Å². The van der Waals surface area contributed by atoms with Crippen molar-refractivity contribution >= 4 is 46.8 Å². The van der Waals surface area contributed by atoms with Gasteiger partial charge in [-0.3, -0.25) is 10.1 Å². The highest BCUT2D eigenvalue weighted by Crippen LogP contribution is 2.61. The van der Waals surface area contributed by atoms with E-state index in [1.807, 2.05) is 72.8 Å². The first-order chi connectivity index (χ1) is 18.2. The van der Waals surface area contributed by atoms with Crippen molar-refractivity contribution in [3.63, 3.8) is 0 Å². The molecule has 0 saturated carbocycles. The molecule has 0 bridgehead atoms. The minimum Gasteiger partial charge on any atom is -0.292 e. The average molecular weight is 519 g/mol. The Morgan fingerprint density at radius 3 is 1.41 bits per heavy atom. The van der Waals surface area contributed by atoms with Crippen molar-refractivity contribution in [3.8, 4) is 0 Å². The zero-order chi connectivity index (χ0) is 25.5. The number of carbonyl (C=O) groups is 1. The van der Waals surface area contributed by atoms with Crippen LogP contribution in [0.1, 0.15) is 15.9 Å². The molecule has 37 heavy (non-hydrogen) atoms. The molecule has 0 unspecified atom stereocenters. The Bertz CT molecular complexity index is 1390. The molecule has 5 rings (SSSR count). The number of benzene rings is 5. The molecule has 5 aromatic carbocycles. The van der Waals surface area contributed by atoms with Crippen molar-refractivity contribution in [1.29, 1.82) is 0 Å². The predicted octanol–water partition coefficient (Wildman–Crippen LogP) is 7.06. The fourth-order valence-corrected chi connectivity index (χ4v) is 8.86. The lowest BCUT2D eigenvalue weighted by molar-refractivity contribution is 0.0969. The third-order valence-corrected chi connectivity index (χ3v) is 10.7. The summed E-state index contributed by atoms with van der Waals surface area (Å²) in [6.07, 6.45) is 2.10. The summed E-state index contributed by atoms with van der Waals surface area (Å²) in [5, 5.41) is 7.50. The van der Waals surface area contributed by atoms with Crippen molar-refractivity contribution in [2.75, 3.05) is 0 Å². The lowest BCUT2D eigenvalue weighted by atomic mass is 10.2. The molecule has 0 saturated heterocycles. The van der Waals surface area contributed by atoms with Gasteiger partial charge < -0.3 is 0 Å². The van der Waals surface area contributed by atoms with E-state index in [0.717, 1.165) is 26.9 Å². The van der Waals surface area contributed by atoms with Crippen molar-refractivity contribution in [2.45, 2.75) is 0 Å². The van der Waals surface area contributed by atoms with Crippen molar-refractivity contribution < 1.29 is 4.79 Å². The van der Waals surface area contributed by atoms with Crippen LogP contribution in [0, 0.1) is 0 Å². The first-order valence-corrected chi connectivity index (χ1v) is 14.2. The molecule has 0 radical (unpaired) electrons. The molecule has 0 spiro atoms. The Labute approximate surface area is 223 Å². The number of amides is 1. The molecule has 2 nitrogen and oxygen atoms in total. The van der Waals surface area contributed by atoms with E-state index in [9.17, 15) is 4.79 Å². The summed E-state index contributed by atoms with van der Waals surface area (Å²) in [4.78, 5) is 13.7. The monoisotopic (exact) mass is 518 g/mol. The van der Waals surface area contributed by atoms with Crippen molar-refractivity contribution in [3.05, 3.63) is 167 Å². The summed E-state index contributed by atoms with van der Waals surface area (Å²) < 4.78 is 0. The fourth-order valence-electron chi connectivity index (χ4n) is 4.53. The van der Waals surface area contributed by atoms with Gasteiger partial charge in [0.05, 0.1) is 0 Å². The fraction of sp³-hybridized carbons (Fsp3) is 0. The lowest BCUT2D eigenvalue weighted by Crippen LogP contribution is -2.38. The van der Waals surface area contributed by atoms with E-state index in [1.54, 1.807) is 0 Å². The number of carbonyl (C=O) groups excluding carboxylic acids is 1. The van der Waals surface area contributed by atoms with Crippen LogP contribution in [0.3, 0.4) is 0 Å². The smallest absolute Gasteiger partial charge is 0.258 e. The van der Waals surface area contributed by atoms with Gasteiger partial charge in [0.25, 0.3) is 5.91 Å². The van der Waals surface area contributed by atoms with Gasteiger partial charge in [0.1, 0.15) is 15.9 Å². The molecule has 4 heteroatoms. The van der Waals surface area contributed by atoms with Gasteiger partial charge >= 0.3 is 0 Å². The maximum atomic E-state index is 13.7. The number of rotatable bonds is 7. The van der Waals surface area contributed by atoms with Crippen LogP contribution in [-0.2, 0) is 0 Å². The van der Waals surface area contributed by atoms with E-state index in [-0.39, 0.29) is 5.91 Å². The van der Waals surface area contributed by atoms with Gasteiger partial charge in [-0.2, -0.15) is 0 Å². The molecule has 1 N–H and O–H groups in total. The highest BCUT2D eigenvalue weighted by atomic mass is 35.5. The summed E-state index contributed by atoms with van der Waals surface area (Å²) in [5.74, 6) is -0.145. The molecule has 0 aliphatic rings. The topological polar surface area (TPSA) is 29.1 Å². The molecular weight excluding hydrogens is 493 g/mol. The number of hydrogen-bond donors (Lipinski definition) is 1. The number of hydrogen-bond acceptors (Lipinski definition) is 1. The van der Waals surface area contributed by atoms with Gasteiger partial charge in [0.15, 0.2) is 12.7 Å². The second-order valence-electron chi connectivity index (χ2n) is 8.58. The highest BCUT2D eigenvalue weighted by Gasteiger charge is 2.50. The van der Waals surface area contributed by atoms with E-state index < -0.39 is 7.26 Å². The van der Waals surface area contributed by atoms with Gasteiger partial charge in [0.2, 0.25) is 0 Å². The predicted molar refractivity (Wildman–Crippen MR) is 158 cm³/mol. The quantitative estimate of drug-likeness (QED) is 0.229. The van der Waals surface area contributed by atoms with Gasteiger partial charge in [-0.05, 0) is 66.2 Å². The van der Waals surface area contributed by atoms with Crippen LogP contribution in [0.4, 0.5) is 0 Å². The maximum Gasteiger partial charge on any atom is 0.258 e. The summed E-state index contributed by atoms with van der Waals surface area (Å²) in [7, 11) is -2.52. The van der Waals surface area contributed by atoms with Crippen LogP contribution in [0.2, 0.25) is 5.02 Å². The Morgan fingerprint density at radius 2 is 0.973 bits per heavy atom. The van der Waals surface area contributed by atoms with Crippen LogP contribution in [0.25, 0.3) is 6.08 Å². The van der Waals surface area contributed by atoms with Gasteiger partial charge in [-0.1, -0.05) is 96.5 Å².